The van der Waals surface area contributed by atoms with E-state index in [1.165, 1.54) is 0 Å². The van der Waals surface area contributed by atoms with Crippen molar-refractivity contribution in [3.05, 3.63) is 23.3 Å². The monoisotopic (exact) mass is 258 g/mol. The molecule has 2 atom stereocenters. The van der Waals surface area contributed by atoms with Crippen LogP contribution in [0.5, 0.6) is 0 Å². The molecule has 0 radical (unpaired) electrons. The predicted molar refractivity (Wildman–Crippen MR) is 58.7 cm³/mol. The highest BCUT2D eigenvalue weighted by atomic mass is 19.4. The van der Waals surface area contributed by atoms with Crippen molar-refractivity contribution in [1.82, 2.24) is 0 Å². The third-order valence-electron chi connectivity index (χ3n) is 3.56. The summed E-state index contributed by atoms with van der Waals surface area (Å²) in [6.45, 7) is 1.92. The third-order valence-corrected chi connectivity index (χ3v) is 3.56. The average Bonchev–Trinajstić information content (AvgIpc) is 2.27. The normalized spacial score (nSPS) is 28.3. The standard InChI is InChI=1S/C13H13F3O2/c1-7-2-4-9-8(6-7)3-5-10(11(9)17)12(18)13(14,15)16/h2,4,8,10H,3,5-6H2,1H3. The van der Waals surface area contributed by atoms with Gasteiger partial charge in [-0.25, -0.2) is 0 Å². The summed E-state index contributed by atoms with van der Waals surface area (Å²) in [6, 6.07) is 0. The van der Waals surface area contributed by atoms with Gasteiger partial charge in [0.25, 0.3) is 0 Å². The molecule has 18 heavy (non-hydrogen) atoms. The molecule has 0 aromatic rings. The molecule has 0 saturated heterocycles. The zero-order valence-electron chi connectivity index (χ0n) is 9.88. The van der Waals surface area contributed by atoms with Gasteiger partial charge in [0.05, 0.1) is 5.92 Å². The van der Waals surface area contributed by atoms with Crippen LogP contribution >= 0.6 is 0 Å². The lowest BCUT2D eigenvalue weighted by atomic mass is 9.71. The average molecular weight is 258 g/mol. The van der Waals surface area contributed by atoms with Gasteiger partial charge in [-0.15, -0.1) is 0 Å². The largest absolute Gasteiger partial charge is 0.450 e. The number of hydrogen-bond acceptors (Lipinski definition) is 2. The molecule has 5 heteroatoms. The summed E-state index contributed by atoms with van der Waals surface area (Å²) in [4.78, 5) is 23.1. The van der Waals surface area contributed by atoms with Gasteiger partial charge in [0.1, 0.15) is 0 Å². The molecule has 98 valence electrons. The molecule has 0 spiro atoms. The molecule has 0 amide bonds. The van der Waals surface area contributed by atoms with Crippen LogP contribution in [0.1, 0.15) is 26.2 Å². The van der Waals surface area contributed by atoms with Crippen LogP contribution in [-0.2, 0) is 9.59 Å². The van der Waals surface area contributed by atoms with Gasteiger partial charge < -0.3 is 0 Å². The molecule has 1 saturated carbocycles. The fourth-order valence-corrected chi connectivity index (χ4v) is 2.62. The highest BCUT2D eigenvalue weighted by Gasteiger charge is 2.48. The second kappa shape index (κ2) is 4.37. The molecule has 2 unspecified atom stereocenters. The first-order valence-electron chi connectivity index (χ1n) is 5.83. The zero-order valence-corrected chi connectivity index (χ0v) is 9.88. The van der Waals surface area contributed by atoms with Gasteiger partial charge in [-0.05, 0) is 37.7 Å². The first kappa shape index (κ1) is 13.1. The van der Waals surface area contributed by atoms with Crippen LogP contribution in [0, 0.1) is 11.8 Å². The summed E-state index contributed by atoms with van der Waals surface area (Å²) in [5.74, 6) is -4.09. The molecule has 0 aliphatic heterocycles. The Balaban J connectivity index is 2.25. The van der Waals surface area contributed by atoms with Gasteiger partial charge >= 0.3 is 6.18 Å². The van der Waals surface area contributed by atoms with Crippen molar-refractivity contribution in [3.8, 4) is 0 Å². The van der Waals surface area contributed by atoms with Crippen LogP contribution < -0.4 is 0 Å². The summed E-state index contributed by atoms with van der Waals surface area (Å²) in [5.41, 5.74) is 1.49. The van der Waals surface area contributed by atoms with Crippen LogP contribution in [0.25, 0.3) is 0 Å². The minimum atomic E-state index is -4.92. The first-order chi connectivity index (χ1) is 8.30. The Morgan fingerprint density at radius 3 is 2.56 bits per heavy atom. The number of rotatable bonds is 1. The number of fused-ring (bicyclic) bond motifs is 1. The molecule has 2 aliphatic carbocycles. The highest BCUT2D eigenvalue weighted by molar-refractivity contribution is 6.12. The Hall–Kier alpha value is -1.39. The van der Waals surface area contributed by atoms with E-state index < -0.39 is 23.7 Å². The van der Waals surface area contributed by atoms with E-state index >= 15 is 0 Å². The maximum atomic E-state index is 12.4. The Labute approximate surface area is 103 Å². The highest BCUT2D eigenvalue weighted by Crippen LogP contribution is 2.39. The molecule has 0 bridgehead atoms. The fourth-order valence-electron chi connectivity index (χ4n) is 2.62. The first-order valence-corrected chi connectivity index (χ1v) is 5.83. The van der Waals surface area contributed by atoms with Crippen molar-refractivity contribution in [3.63, 3.8) is 0 Å². The molecule has 2 rings (SSSR count). The minimum Gasteiger partial charge on any atom is -0.294 e. The van der Waals surface area contributed by atoms with Crippen molar-refractivity contribution in [1.29, 1.82) is 0 Å². The van der Waals surface area contributed by atoms with E-state index in [4.69, 9.17) is 0 Å². The van der Waals surface area contributed by atoms with Crippen LogP contribution in [0.4, 0.5) is 13.2 Å². The molecule has 2 nitrogen and oxygen atoms in total. The quantitative estimate of drug-likeness (QED) is 0.677. The van der Waals surface area contributed by atoms with E-state index in [0.717, 1.165) is 5.57 Å². The van der Waals surface area contributed by atoms with Crippen molar-refractivity contribution in [2.24, 2.45) is 11.8 Å². The van der Waals surface area contributed by atoms with E-state index in [1.54, 1.807) is 12.2 Å². The molecule has 0 aromatic heterocycles. The Morgan fingerprint density at radius 2 is 1.94 bits per heavy atom. The van der Waals surface area contributed by atoms with Crippen molar-refractivity contribution in [2.75, 3.05) is 0 Å². The SMILES string of the molecule is CC1=CC=C2C(=O)C(C(=O)C(F)(F)F)CCC2C1. The Bertz CT molecular complexity index is 457. The number of carbonyl (C=O) groups is 2. The number of allylic oxidation sites excluding steroid dienone is 4. The molecule has 0 N–H and O–H groups in total. The zero-order chi connectivity index (χ0) is 13.5. The van der Waals surface area contributed by atoms with Gasteiger partial charge in [-0.2, -0.15) is 13.2 Å². The number of carbonyl (C=O) groups excluding carboxylic acids is 2. The third kappa shape index (κ3) is 2.26. The van der Waals surface area contributed by atoms with Gasteiger partial charge in [0, 0.05) is 0 Å². The molecule has 1 fully saturated rings. The van der Waals surface area contributed by atoms with Gasteiger partial charge in [-0.3, -0.25) is 9.59 Å². The Kier molecular flexibility index (Phi) is 3.17. The Morgan fingerprint density at radius 1 is 1.28 bits per heavy atom. The van der Waals surface area contributed by atoms with E-state index in [1.807, 2.05) is 6.92 Å². The minimum absolute atomic E-state index is 0.00641. The maximum absolute atomic E-state index is 12.4. The molecular weight excluding hydrogens is 245 g/mol. The van der Waals surface area contributed by atoms with Crippen molar-refractivity contribution in [2.45, 2.75) is 32.4 Å². The lowest BCUT2D eigenvalue weighted by molar-refractivity contribution is -0.177. The van der Waals surface area contributed by atoms with Gasteiger partial charge in [0.15, 0.2) is 5.78 Å². The molecule has 2 aliphatic rings. The van der Waals surface area contributed by atoms with Crippen LogP contribution in [0.15, 0.2) is 23.3 Å². The summed E-state index contributed by atoms with van der Waals surface area (Å²) in [5, 5.41) is 0. The second-order valence-corrected chi connectivity index (χ2v) is 4.89. The fraction of sp³-hybridized carbons (Fsp3) is 0.538. The second-order valence-electron chi connectivity index (χ2n) is 4.89. The summed E-state index contributed by atoms with van der Waals surface area (Å²) in [6.07, 6.45) is -0.438. The van der Waals surface area contributed by atoms with E-state index in [-0.39, 0.29) is 12.3 Å². The predicted octanol–water partition coefficient (Wildman–Crippen LogP) is 2.99. The number of alkyl halides is 3. The number of halogens is 3. The molecule has 0 heterocycles. The van der Waals surface area contributed by atoms with E-state index in [2.05, 4.69) is 0 Å². The maximum Gasteiger partial charge on any atom is 0.450 e. The lowest BCUT2D eigenvalue weighted by Crippen LogP contribution is -2.40. The summed E-state index contributed by atoms with van der Waals surface area (Å²) < 4.78 is 37.1. The van der Waals surface area contributed by atoms with Gasteiger partial charge in [-0.1, -0.05) is 17.7 Å². The summed E-state index contributed by atoms with van der Waals surface area (Å²) >= 11 is 0. The molecular formula is C13H13F3O2. The smallest absolute Gasteiger partial charge is 0.294 e. The number of Topliss-reactive ketones (excluding diaryl/α,β-unsaturated/α-hetero) is 2. The number of hydrogen-bond donors (Lipinski definition) is 0. The van der Waals surface area contributed by atoms with Crippen molar-refractivity contribution < 1.29 is 22.8 Å². The van der Waals surface area contributed by atoms with Crippen LogP contribution in [0.2, 0.25) is 0 Å². The van der Waals surface area contributed by atoms with E-state index in [9.17, 15) is 22.8 Å². The molecule has 0 aromatic carbocycles. The van der Waals surface area contributed by atoms with Crippen LogP contribution in [0.3, 0.4) is 0 Å². The van der Waals surface area contributed by atoms with Crippen LogP contribution in [-0.4, -0.2) is 17.7 Å². The summed E-state index contributed by atoms with van der Waals surface area (Å²) in [7, 11) is 0. The number of ketones is 2. The van der Waals surface area contributed by atoms with Crippen molar-refractivity contribution >= 4 is 11.6 Å². The van der Waals surface area contributed by atoms with Gasteiger partial charge in [0.2, 0.25) is 5.78 Å². The lowest BCUT2D eigenvalue weighted by Gasteiger charge is -2.31. The van der Waals surface area contributed by atoms with E-state index in [0.29, 0.717) is 18.4 Å². The topological polar surface area (TPSA) is 34.1 Å².